The van der Waals surface area contributed by atoms with Gasteiger partial charge in [-0.3, -0.25) is 4.79 Å². The largest absolute Gasteiger partial charge is 0.368 e. The molecule has 0 aromatic carbocycles. The maximum Gasteiger partial charge on any atom is 0.257 e. The van der Waals surface area contributed by atoms with E-state index in [2.05, 4.69) is 10.3 Å². The Hall–Kier alpha value is -1.30. The van der Waals surface area contributed by atoms with E-state index in [9.17, 15) is 9.18 Å². The first-order valence-electron chi connectivity index (χ1n) is 6.88. The van der Waals surface area contributed by atoms with Crippen LogP contribution < -0.4 is 5.32 Å². The van der Waals surface area contributed by atoms with Gasteiger partial charge in [0.2, 0.25) is 0 Å². The maximum absolute atomic E-state index is 14.3. The van der Waals surface area contributed by atoms with Crippen molar-refractivity contribution < 1.29 is 9.18 Å². The Morgan fingerprint density at radius 3 is 3.10 bits per heavy atom. The van der Waals surface area contributed by atoms with Crippen molar-refractivity contribution in [1.82, 2.24) is 9.88 Å². The number of carbonyl (C=O) groups excluding carboxylic acids is 1. The zero-order valence-corrected chi connectivity index (χ0v) is 12.7. The van der Waals surface area contributed by atoms with Crippen LogP contribution in [0.2, 0.25) is 0 Å². The van der Waals surface area contributed by atoms with Crippen LogP contribution in [0.15, 0.2) is 12.3 Å². The first-order chi connectivity index (χ1) is 9.65. The second kappa shape index (κ2) is 6.92. The van der Waals surface area contributed by atoms with E-state index in [4.69, 9.17) is 0 Å². The average Bonchev–Trinajstić information content (AvgIpc) is 2.99. The lowest BCUT2D eigenvalue weighted by Crippen LogP contribution is -2.37. The second-order valence-corrected chi connectivity index (χ2v) is 6.03. The van der Waals surface area contributed by atoms with Gasteiger partial charge in [-0.05, 0) is 24.7 Å². The number of carbonyl (C=O) groups is 1. The average molecular weight is 297 g/mol. The molecule has 1 amide bonds. The van der Waals surface area contributed by atoms with Crippen LogP contribution in [0, 0.1) is 5.82 Å². The van der Waals surface area contributed by atoms with Crippen molar-refractivity contribution in [2.24, 2.45) is 0 Å². The number of nitrogens with one attached hydrogen (secondary N) is 1. The minimum Gasteiger partial charge on any atom is -0.368 e. The third kappa shape index (κ3) is 3.23. The van der Waals surface area contributed by atoms with Crippen LogP contribution in [-0.2, 0) is 0 Å². The van der Waals surface area contributed by atoms with Crippen molar-refractivity contribution in [3.8, 4) is 0 Å². The molecule has 1 N–H and O–H groups in total. The Morgan fingerprint density at radius 2 is 2.45 bits per heavy atom. The van der Waals surface area contributed by atoms with Crippen molar-refractivity contribution >= 4 is 23.5 Å². The first-order valence-corrected chi connectivity index (χ1v) is 8.04. The number of nitrogens with zero attached hydrogens (tertiary/aromatic N) is 2. The van der Waals surface area contributed by atoms with Gasteiger partial charge in [0.25, 0.3) is 5.91 Å². The summed E-state index contributed by atoms with van der Waals surface area (Å²) in [6, 6.07) is 1.65. The van der Waals surface area contributed by atoms with Crippen LogP contribution >= 0.6 is 11.8 Å². The summed E-state index contributed by atoms with van der Waals surface area (Å²) in [5, 5.41) is 2.91. The molecule has 6 heteroatoms. The highest BCUT2D eigenvalue weighted by molar-refractivity contribution is 7.99. The molecule has 1 saturated heterocycles. The summed E-state index contributed by atoms with van der Waals surface area (Å²) in [5.74, 6) is 1.33. The van der Waals surface area contributed by atoms with Crippen LogP contribution in [0.3, 0.4) is 0 Å². The van der Waals surface area contributed by atoms with Gasteiger partial charge in [-0.25, -0.2) is 9.37 Å². The first kappa shape index (κ1) is 15.1. The zero-order chi connectivity index (χ0) is 14.5. The van der Waals surface area contributed by atoms with E-state index in [0.29, 0.717) is 6.54 Å². The number of aromatic nitrogens is 1. The van der Waals surface area contributed by atoms with Crippen LogP contribution in [0.25, 0.3) is 0 Å². The maximum atomic E-state index is 14.3. The molecule has 0 spiro atoms. The molecule has 0 bridgehead atoms. The van der Waals surface area contributed by atoms with Gasteiger partial charge >= 0.3 is 0 Å². The quantitative estimate of drug-likeness (QED) is 0.907. The third-order valence-corrected chi connectivity index (χ3v) is 4.58. The van der Waals surface area contributed by atoms with Crippen LogP contribution in [0.1, 0.15) is 30.1 Å². The lowest BCUT2D eigenvalue weighted by Gasteiger charge is -2.24. The molecule has 1 aromatic heterocycles. The smallest absolute Gasteiger partial charge is 0.257 e. The molecule has 1 aliphatic rings. The molecule has 1 fully saturated rings. The predicted molar refractivity (Wildman–Crippen MR) is 80.8 cm³/mol. The Morgan fingerprint density at radius 1 is 1.65 bits per heavy atom. The number of anilines is 1. The fourth-order valence-corrected chi connectivity index (χ4v) is 3.43. The molecule has 1 atom stereocenters. The summed E-state index contributed by atoms with van der Waals surface area (Å²) >= 11 is 1.83. The zero-order valence-electron chi connectivity index (χ0n) is 11.9. The Labute approximate surface area is 123 Å². The molecule has 2 rings (SSSR count). The van der Waals surface area contributed by atoms with Crippen LogP contribution in [-0.4, -0.2) is 46.9 Å². The van der Waals surface area contributed by atoms with Crippen molar-refractivity contribution in [2.75, 3.05) is 30.4 Å². The second-order valence-electron chi connectivity index (χ2n) is 4.88. The van der Waals surface area contributed by atoms with Crippen LogP contribution in [0.4, 0.5) is 10.2 Å². The summed E-state index contributed by atoms with van der Waals surface area (Å²) in [7, 11) is 1.75. The highest BCUT2D eigenvalue weighted by Gasteiger charge is 2.27. The molecule has 0 saturated carbocycles. The topological polar surface area (TPSA) is 45.2 Å². The van der Waals surface area contributed by atoms with E-state index >= 15 is 0 Å². The van der Waals surface area contributed by atoms with Gasteiger partial charge in [-0.15, -0.1) is 0 Å². The summed E-state index contributed by atoms with van der Waals surface area (Å²) in [6.45, 7) is 2.63. The highest BCUT2D eigenvalue weighted by atomic mass is 32.2. The Balaban J connectivity index is 2.16. The van der Waals surface area contributed by atoms with Gasteiger partial charge < -0.3 is 10.2 Å². The number of thioether (sulfide) groups is 1. The standard InChI is InChI=1S/C14H20FN3OS/c1-3-6-16-13-12(15)11(4-7-17-13)14(19)18(2)10-5-8-20-9-10/h4,7,10H,3,5-6,8-9H2,1-2H3,(H,16,17). The molecule has 20 heavy (non-hydrogen) atoms. The summed E-state index contributed by atoms with van der Waals surface area (Å²) < 4.78 is 14.3. The van der Waals surface area contributed by atoms with Gasteiger partial charge in [-0.1, -0.05) is 6.92 Å². The molecular weight excluding hydrogens is 277 g/mol. The van der Waals surface area contributed by atoms with Crippen LogP contribution in [0.5, 0.6) is 0 Å². The molecule has 1 aliphatic heterocycles. The number of hydrogen-bond donors (Lipinski definition) is 1. The number of amides is 1. The van der Waals surface area contributed by atoms with Gasteiger partial charge in [0, 0.05) is 31.6 Å². The van der Waals surface area contributed by atoms with E-state index < -0.39 is 5.82 Å². The van der Waals surface area contributed by atoms with E-state index in [0.717, 1.165) is 24.3 Å². The Bertz CT molecular complexity index is 477. The number of rotatable bonds is 5. The molecule has 1 aromatic rings. The van der Waals surface area contributed by atoms with E-state index in [1.165, 1.54) is 12.3 Å². The van der Waals surface area contributed by atoms with Gasteiger partial charge in [0.1, 0.15) is 0 Å². The predicted octanol–water partition coefficient (Wildman–Crippen LogP) is 2.62. The minimum atomic E-state index is -0.552. The number of hydrogen-bond acceptors (Lipinski definition) is 4. The molecule has 110 valence electrons. The molecule has 2 heterocycles. The molecule has 4 nitrogen and oxygen atoms in total. The molecule has 1 unspecified atom stereocenters. The summed E-state index contributed by atoms with van der Waals surface area (Å²) in [6.07, 6.45) is 3.32. The fraction of sp³-hybridized carbons (Fsp3) is 0.571. The van der Waals surface area contributed by atoms with Gasteiger partial charge in [0.15, 0.2) is 11.6 Å². The van der Waals surface area contributed by atoms with E-state index in [1.54, 1.807) is 11.9 Å². The molecular formula is C14H20FN3OS. The van der Waals surface area contributed by atoms with Crippen molar-refractivity contribution in [3.05, 3.63) is 23.6 Å². The highest BCUT2D eigenvalue weighted by Crippen LogP contribution is 2.24. The lowest BCUT2D eigenvalue weighted by molar-refractivity contribution is 0.0743. The van der Waals surface area contributed by atoms with E-state index in [1.807, 2.05) is 18.7 Å². The summed E-state index contributed by atoms with van der Waals surface area (Å²) in [5.41, 5.74) is 0.0954. The normalized spacial score (nSPS) is 18.1. The fourth-order valence-electron chi connectivity index (χ4n) is 2.16. The Kier molecular flexibility index (Phi) is 5.23. The third-order valence-electron chi connectivity index (χ3n) is 3.44. The van der Waals surface area contributed by atoms with Crippen molar-refractivity contribution in [2.45, 2.75) is 25.8 Å². The molecule has 0 radical (unpaired) electrons. The van der Waals surface area contributed by atoms with Crippen molar-refractivity contribution in [1.29, 1.82) is 0 Å². The monoisotopic (exact) mass is 297 g/mol. The number of pyridine rings is 1. The lowest BCUT2D eigenvalue weighted by atomic mass is 10.1. The number of halogens is 1. The molecule has 0 aliphatic carbocycles. The van der Waals surface area contributed by atoms with Crippen molar-refractivity contribution in [3.63, 3.8) is 0 Å². The summed E-state index contributed by atoms with van der Waals surface area (Å²) in [4.78, 5) is 18.0. The van der Waals surface area contributed by atoms with Gasteiger partial charge in [-0.2, -0.15) is 11.8 Å². The van der Waals surface area contributed by atoms with E-state index in [-0.39, 0.29) is 23.3 Å². The SMILES string of the molecule is CCCNc1nccc(C(=O)N(C)C2CCSC2)c1F. The minimum absolute atomic E-state index is 0.0954. The van der Waals surface area contributed by atoms with Gasteiger partial charge in [0.05, 0.1) is 5.56 Å².